The van der Waals surface area contributed by atoms with Crippen LogP contribution in [0.1, 0.15) is 12.5 Å². The van der Waals surface area contributed by atoms with Crippen molar-refractivity contribution in [1.29, 1.82) is 0 Å². The van der Waals surface area contributed by atoms with Crippen LogP contribution in [0, 0.1) is 12.3 Å². The zero-order valence-corrected chi connectivity index (χ0v) is 14.0. The van der Waals surface area contributed by atoms with Crippen LogP contribution in [0.3, 0.4) is 0 Å². The number of halogens is 1. The Morgan fingerprint density at radius 2 is 2.19 bits per heavy atom. The first kappa shape index (κ1) is 16.4. The van der Waals surface area contributed by atoms with E-state index in [1.807, 2.05) is 0 Å². The molecule has 8 heteroatoms. The van der Waals surface area contributed by atoms with Gasteiger partial charge in [0.15, 0.2) is 0 Å². The van der Waals surface area contributed by atoms with E-state index in [4.69, 9.17) is 4.74 Å². The van der Waals surface area contributed by atoms with Crippen LogP contribution < -0.4 is 4.72 Å². The van der Waals surface area contributed by atoms with Crippen molar-refractivity contribution in [3.8, 4) is 0 Å². The minimum Gasteiger partial charge on any atom is -0.481 e. The lowest BCUT2D eigenvalue weighted by Gasteiger charge is -2.25. The van der Waals surface area contributed by atoms with Gasteiger partial charge in [-0.25, -0.2) is 13.1 Å². The molecular weight excluding hydrogens is 362 g/mol. The summed E-state index contributed by atoms with van der Waals surface area (Å²) in [5.41, 5.74) is -0.686. The number of hydrogen-bond acceptors (Lipinski definition) is 4. The largest absolute Gasteiger partial charge is 0.481 e. The SMILES string of the molecule is Cc1ccc(Br)cc1S(=O)(=O)NC1COCC1(C)C(=O)O. The smallest absolute Gasteiger partial charge is 0.313 e. The van der Waals surface area contributed by atoms with E-state index < -0.39 is 27.4 Å². The molecule has 2 N–H and O–H groups in total. The third kappa shape index (κ3) is 3.13. The van der Waals surface area contributed by atoms with Gasteiger partial charge in [-0.3, -0.25) is 4.79 Å². The van der Waals surface area contributed by atoms with E-state index in [0.29, 0.717) is 10.0 Å². The quantitative estimate of drug-likeness (QED) is 0.829. The van der Waals surface area contributed by atoms with Gasteiger partial charge in [-0.1, -0.05) is 22.0 Å². The van der Waals surface area contributed by atoms with E-state index in [1.54, 1.807) is 19.1 Å². The Balaban J connectivity index is 2.34. The summed E-state index contributed by atoms with van der Waals surface area (Å²) in [6.45, 7) is 3.17. The second-order valence-electron chi connectivity index (χ2n) is 5.32. The van der Waals surface area contributed by atoms with Crippen LogP contribution in [-0.2, 0) is 19.6 Å². The number of carbonyl (C=O) groups is 1. The van der Waals surface area contributed by atoms with Crippen molar-refractivity contribution in [3.05, 3.63) is 28.2 Å². The lowest BCUT2D eigenvalue weighted by molar-refractivity contribution is -0.148. The molecule has 1 aliphatic heterocycles. The normalized spacial score (nSPS) is 26.0. The highest BCUT2D eigenvalue weighted by molar-refractivity contribution is 9.10. The molecule has 0 spiro atoms. The van der Waals surface area contributed by atoms with Crippen molar-refractivity contribution >= 4 is 31.9 Å². The molecule has 1 heterocycles. The number of aryl methyl sites for hydroxylation is 1. The summed E-state index contributed by atoms with van der Waals surface area (Å²) < 4.78 is 33.2. The average Bonchev–Trinajstić information content (AvgIpc) is 2.74. The molecule has 0 aliphatic carbocycles. The molecule has 2 rings (SSSR count). The van der Waals surface area contributed by atoms with E-state index in [-0.39, 0.29) is 18.1 Å². The van der Waals surface area contributed by atoms with E-state index in [2.05, 4.69) is 20.7 Å². The summed E-state index contributed by atoms with van der Waals surface area (Å²) in [6.07, 6.45) is 0. The fraction of sp³-hybridized carbons (Fsp3) is 0.462. The zero-order valence-electron chi connectivity index (χ0n) is 11.6. The van der Waals surface area contributed by atoms with Crippen molar-refractivity contribution in [1.82, 2.24) is 4.72 Å². The molecule has 1 aliphatic rings. The van der Waals surface area contributed by atoms with Crippen LogP contribution in [0.15, 0.2) is 27.6 Å². The first-order valence-electron chi connectivity index (χ1n) is 6.26. The number of nitrogens with one attached hydrogen (secondary N) is 1. The zero-order chi connectivity index (χ0) is 15.8. The Hall–Kier alpha value is -0.960. The van der Waals surface area contributed by atoms with E-state index in [9.17, 15) is 18.3 Å². The van der Waals surface area contributed by atoms with Crippen molar-refractivity contribution in [3.63, 3.8) is 0 Å². The summed E-state index contributed by atoms with van der Waals surface area (Å²) in [5, 5.41) is 9.29. The molecular formula is C13H16BrNO5S. The summed E-state index contributed by atoms with van der Waals surface area (Å²) in [6, 6.07) is 4.11. The van der Waals surface area contributed by atoms with E-state index >= 15 is 0 Å². The van der Waals surface area contributed by atoms with Gasteiger partial charge >= 0.3 is 5.97 Å². The number of hydrogen-bond donors (Lipinski definition) is 2. The van der Waals surface area contributed by atoms with Crippen LogP contribution in [0.5, 0.6) is 0 Å². The molecule has 0 aromatic heterocycles. The Morgan fingerprint density at radius 1 is 1.52 bits per heavy atom. The molecule has 0 bridgehead atoms. The van der Waals surface area contributed by atoms with E-state index in [1.165, 1.54) is 13.0 Å². The molecule has 0 saturated carbocycles. The van der Waals surface area contributed by atoms with Gasteiger partial charge in [0.2, 0.25) is 10.0 Å². The lowest BCUT2D eigenvalue weighted by atomic mass is 9.86. The number of carboxylic acid groups (broad SMARTS) is 1. The number of carboxylic acids is 1. The molecule has 6 nitrogen and oxygen atoms in total. The third-order valence-electron chi connectivity index (χ3n) is 3.68. The fourth-order valence-electron chi connectivity index (χ4n) is 2.16. The fourth-order valence-corrected chi connectivity index (χ4v) is 4.28. The van der Waals surface area contributed by atoms with Gasteiger partial charge in [0, 0.05) is 4.47 Å². The maximum Gasteiger partial charge on any atom is 0.313 e. The maximum absolute atomic E-state index is 12.5. The average molecular weight is 378 g/mol. The van der Waals surface area contributed by atoms with Crippen molar-refractivity contribution in [2.24, 2.45) is 5.41 Å². The molecule has 0 amide bonds. The van der Waals surface area contributed by atoms with Crippen LogP contribution in [0.25, 0.3) is 0 Å². The van der Waals surface area contributed by atoms with Gasteiger partial charge in [0.25, 0.3) is 0 Å². The topological polar surface area (TPSA) is 92.7 Å². The summed E-state index contributed by atoms with van der Waals surface area (Å²) in [4.78, 5) is 11.5. The first-order chi connectivity index (χ1) is 9.67. The van der Waals surface area contributed by atoms with Crippen molar-refractivity contribution < 1.29 is 23.1 Å². The van der Waals surface area contributed by atoms with Crippen LogP contribution in [0.4, 0.5) is 0 Å². The standard InChI is InChI=1S/C13H16BrNO5S/c1-8-3-4-9(14)5-10(8)21(18,19)15-11-6-20-7-13(11,2)12(16)17/h3-5,11,15H,6-7H2,1-2H3,(H,16,17). The summed E-state index contributed by atoms with van der Waals surface area (Å²) in [5.74, 6) is -1.08. The van der Waals surface area contributed by atoms with Gasteiger partial charge in [-0.05, 0) is 31.5 Å². The Bertz CT molecular complexity index is 675. The molecule has 2 unspecified atom stereocenters. The third-order valence-corrected chi connectivity index (χ3v) is 5.79. The second kappa shape index (κ2) is 5.68. The lowest BCUT2D eigenvalue weighted by Crippen LogP contribution is -2.49. The predicted octanol–water partition coefficient (Wildman–Crippen LogP) is 1.53. The Morgan fingerprint density at radius 3 is 2.81 bits per heavy atom. The molecule has 1 aromatic carbocycles. The number of aliphatic carboxylic acids is 1. The molecule has 2 atom stereocenters. The van der Waals surface area contributed by atoms with Crippen LogP contribution in [-0.4, -0.2) is 38.7 Å². The van der Waals surface area contributed by atoms with Crippen molar-refractivity contribution in [2.45, 2.75) is 24.8 Å². The number of rotatable bonds is 4. The minimum absolute atomic E-state index is 0.0208. The molecule has 116 valence electrons. The van der Waals surface area contributed by atoms with Gasteiger partial charge in [0.05, 0.1) is 24.2 Å². The molecule has 1 aromatic rings. The Labute approximate surface area is 131 Å². The summed E-state index contributed by atoms with van der Waals surface area (Å²) in [7, 11) is -3.82. The Kier molecular flexibility index (Phi) is 4.44. The van der Waals surface area contributed by atoms with Gasteiger partial charge in [-0.15, -0.1) is 0 Å². The molecule has 1 saturated heterocycles. The first-order valence-corrected chi connectivity index (χ1v) is 8.54. The number of sulfonamides is 1. The summed E-state index contributed by atoms with van der Waals surface area (Å²) >= 11 is 3.24. The number of ether oxygens (including phenoxy) is 1. The predicted molar refractivity (Wildman–Crippen MR) is 79.6 cm³/mol. The monoisotopic (exact) mass is 377 g/mol. The van der Waals surface area contributed by atoms with Crippen LogP contribution in [0.2, 0.25) is 0 Å². The van der Waals surface area contributed by atoms with E-state index in [0.717, 1.165) is 0 Å². The second-order valence-corrected chi connectivity index (χ2v) is 7.92. The van der Waals surface area contributed by atoms with Gasteiger partial charge in [0.1, 0.15) is 5.41 Å². The molecule has 0 radical (unpaired) electrons. The molecule has 1 fully saturated rings. The molecule has 21 heavy (non-hydrogen) atoms. The maximum atomic E-state index is 12.5. The van der Waals surface area contributed by atoms with Gasteiger partial charge in [-0.2, -0.15) is 0 Å². The number of benzene rings is 1. The van der Waals surface area contributed by atoms with Crippen LogP contribution >= 0.6 is 15.9 Å². The van der Waals surface area contributed by atoms with Crippen molar-refractivity contribution in [2.75, 3.05) is 13.2 Å². The highest BCUT2D eigenvalue weighted by Crippen LogP contribution is 2.30. The minimum atomic E-state index is -3.82. The highest BCUT2D eigenvalue weighted by Gasteiger charge is 2.48. The van der Waals surface area contributed by atoms with Gasteiger partial charge < -0.3 is 9.84 Å². The highest BCUT2D eigenvalue weighted by atomic mass is 79.9.